The first-order valence-corrected chi connectivity index (χ1v) is 10.4. The summed E-state index contributed by atoms with van der Waals surface area (Å²) in [5, 5.41) is 15.2. The van der Waals surface area contributed by atoms with E-state index in [4.69, 9.17) is 12.2 Å². The van der Waals surface area contributed by atoms with Crippen LogP contribution in [0.1, 0.15) is 23.5 Å². The van der Waals surface area contributed by atoms with Crippen molar-refractivity contribution in [1.29, 1.82) is 0 Å². The van der Waals surface area contributed by atoms with Crippen molar-refractivity contribution in [2.75, 3.05) is 27.2 Å². The van der Waals surface area contributed by atoms with Gasteiger partial charge in [-0.25, -0.2) is 0 Å². The highest BCUT2D eigenvalue weighted by Gasteiger charge is 2.41. The van der Waals surface area contributed by atoms with Crippen LogP contribution in [0.5, 0.6) is 0 Å². The van der Waals surface area contributed by atoms with Crippen LogP contribution in [0, 0.1) is 10.1 Å². The number of pyridine rings is 1. The Morgan fingerprint density at radius 1 is 1.16 bits per heavy atom. The largest absolute Gasteiger partial charge is 0.352 e. The lowest BCUT2D eigenvalue weighted by Gasteiger charge is -2.29. The molecule has 3 heterocycles. The van der Waals surface area contributed by atoms with Gasteiger partial charge in [-0.05, 0) is 62.7 Å². The average Bonchev–Trinajstić information content (AvgIpc) is 3.37. The minimum absolute atomic E-state index is 0.0696. The van der Waals surface area contributed by atoms with Crippen molar-refractivity contribution in [3.8, 4) is 5.69 Å². The molecule has 9 heteroatoms. The van der Waals surface area contributed by atoms with E-state index in [0.29, 0.717) is 5.11 Å². The maximum atomic E-state index is 11.0. The van der Waals surface area contributed by atoms with E-state index in [2.05, 4.69) is 30.7 Å². The number of nitrogens with zero attached hydrogens (tertiary/aromatic N) is 5. The van der Waals surface area contributed by atoms with Crippen LogP contribution in [0.2, 0.25) is 0 Å². The number of thiocarbonyl (C=S) groups is 1. The smallest absolute Gasteiger partial charge is 0.269 e. The van der Waals surface area contributed by atoms with Crippen molar-refractivity contribution in [3.05, 3.63) is 88.5 Å². The molecule has 1 aliphatic heterocycles. The number of likely N-dealkylation sites (N-methyl/N-ethyl adjacent to an activating group) is 1. The molecular formula is C22H24N6O2S. The summed E-state index contributed by atoms with van der Waals surface area (Å²) in [7, 11) is 4.08. The molecule has 3 aromatic rings. The normalized spacial score (nSPS) is 18.4. The van der Waals surface area contributed by atoms with Gasteiger partial charge in [0.15, 0.2) is 5.11 Å². The Kier molecular flexibility index (Phi) is 5.97. The zero-order valence-electron chi connectivity index (χ0n) is 17.4. The highest BCUT2D eigenvalue weighted by atomic mass is 32.1. The standard InChI is InChI=1S/C22H24N6O2S/c1-25(2)14-15-27-21(20(24-22(27)31)18-6-3-4-12-23-18)19-7-5-13-26(19)16-8-10-17(11-9-16)28(29)30/h3-13,20-21H,14-15H2,1-2H3,(H,24,31)/t20-,21-/m0/s1. The van der Waals surface area contributed by atoms with Crippen molar-refractivity contribution in [3.63, 3.8) is 0 Å². The first-order chi connectivity index (χ1) is 15.0. The van der Waals surface area contributed by atoms with Gasteiger partial charge in [0.2, 0.25) is 0 Å². The molecule has 1 N–H and O–H groups in total. The van der Waals surface area contributed by atoms with Gasteiger partial charge in [-0.2, -0.15) is 0 Å². The molecule has 0 saturated carbocycles. The average molecular weight is 437 g/mol. The predicted molar refractivity (Wildman–Crippen MR) is 123 cm³/mol. The SMILES string of the molecule is CN(C)CCN1C(=S)N[C@@H](c2ccccn2)[C@@H]1c1cccn1-c1ccc([N+](=O)[O-])cc1. The predicted octanol–water partition coefficient (Wildman–Crippen LogP) is 3.31. The minimum Gasteiger partial charge on any atom is -0.352 e. The van der Waals surface area contributed by atoms with Gasteiger partial charge >= 0.3 is 0 Å². The van der Waals surface area contributed by atoms with Crippen LogP contribution >= 0.6 is 12.2 Å². The van der Waals surface area contributed by atoms with Crippen molar-refractivity contribution < 1.29 is 4.92 Å². The van der Waals surface area contributed by atoms with Crippen LogP contribution in [0.25, 0.3) is 5.69 Å². The summed E-state index contributed by atoms with van der Waals surface area (Å²) in [6, 6.07) is 16.3. The molecule has 160 valence electrons. The van der Waals surface area contributed by atoms with Gasteiger partial charge in [0.1, 0.15) is 0 Å². The molecule has 0 aliphatic carbocycles. The lowest BCUT2D eigenvalue weighted by Crippen LogP contribution is -2.36. The second-order valence-electron chi connectivity index (χ2n) is 7.70. The molecule has 1 aliphatic rings. The Labute approximate surface area is 186 Å². The first kappa shape index (κ1) is 21.0. The lowest BCUT2D eigenvalue weighted by molar-refractivity contribution is -0.384. The fraction of sp³-hybridized carbons (Fsp3) is 0.273. The number of aromatic nitrogens is 2. The van der Waals surface area contributed by atoms with E-state index in [-0.39, 0.29) is 22.7 Å². The Morgan fingerprint density at radius 3 is 2.58 bits per heavy atom. The molecular weight excluding hydrogens is 412 g/mol. The number of benzene rings is 1. The molecule has 2 atom stereocenters. The second-order valence-corrected chi connectivity index (χ2v) is 8.09. The van der Waals surface area contributed by atoms with Gasteiger partial charge in [0.25, 0.3) is 5.69 Å². The highest BCUT2D eigenvalue weighted by molar-refractivity contribution is 7.80. The number of rotatable bonds is 7. The van der Waals surface area contributed by atoms with Gasteiger partial charge in [-0.3, -0.25) is 15.1 Å². The molecule has 1 fully saturated rings. The van der Waals surface area contributed by atoms with Gasteiger partial charge < -0.3 is 19.7 Å². The highest BCUT2D eigenvalue weighted by Crippen LogP contribution is 2.39. The first-order valence-electron chi connectivity index (χ1n) is 10.0. The molecule has 2 aromatic heterocycles. The summed E-state index contributed by atoms with van der Waals surface area (Å²) in [6.45, 7) is 1.61. The molecule has 0 amide bonds. The van der Waals surface area contributed by atoms with Gasteiger partial charge in [-0.15, -0.1) is 0 Å². The van der Waals surface area contributed by atoms with Crippen molar-refractivity contribution in [1.82, 2.24) is 24.7 Å². The third-order valence-corrected chi connectivity index (χ3v) is 5.76. The lowest BCUT2D eigenvalue weighted by atomic mass is 10.0. The van der Waals surface area contributed by atoms with Crippen LogP contribution in [-0.4, -0.2) is 56.6 Å². The van der Waals surface area contributed by atoms with E-state index in [1.165, 1.54) is 12.1 Å². The van der Waals surface area contributed by atoms with Gasteiger partial charge in [0, 0.05) is 49.0 Å². The Morgan fingerprint density at radius 2 is 1.94 bits per heavy atom. The minimum atomic E-state index is -0.389. The maximum Gasteiger partial charge on any atom is 0.269 e. The summed E-state index contributed by atoms with van der Waals surface area (Å²) in [5.41, 5.74) is 2.88. The Balaban J connectivity index is 1.75. The number of hydrogen-bond acceptors (Lipinski definition) is 5. The maximum absolute atomic E-state index is 11.0. The van der Waals surface area contributed by atoms with E-state index in [1.54, 1.807) is 18.3 Å². The van der Waals surface area contributed by atoms with Gasteiger partial charge in [-0.1, -0.05) is 6.07 Å². The summed E-state index contributed by atoms with van der Waals surface area (Å²) in [5.74, 6) is 0. The third-order valence-electron chi connectivity index (χ3n) is 5.41. The van der Waals surface area contributed by atoms with Crippen molar-refractivity contribution >= 4 is 23.0 Å². The molecule has 1 aromatic carbocycles. The summed E-state index contributed by atoms with van der Waals surface area (Å²) in [4.78, 5) is 19.6. The van der Waals surface area contributed by atoms with Crippen LogP contribution < -0.4 is 5.32 Å². The Bertz CT molecular complexity index is 1070. The molecule has 8 nitrogen and oxygen atoms in total. The van der Waals surface area contributed by atoms with Crippen LogP contribution in [0.15, 0.2) is 67.0 Å². The topological polar surface area (TPSA) is 79.5 Å². The van der Waals surface area contributed by atoms with E-state index in [1.807, 2.05) is 44.6 Å². The number of hydrogen-bond donors (Lipinski definition) is 1. The van der Waals surface area contributed by atoms with Crippen LogP contribution in [-0.2, 0) is 0 Å². The molecule has 4 rings (SSSR count). The zero-order chi connectivity index (χ0) is 22.0. The summed E-state index contributed by atoms with van der Waals surface area (Å²) >= 11 is 5.71. The summed E-state index contributed by atoms with van der Waals surface area (Å²) in [6.07, 6.45) is 3.76. The van der Waals surface area contributed by atoms with E-state index in [9.17, 15) is 10.1 Å². The molecule has 0 bridgehead atoms. The molecule has 0 spiro atoms. The second kappa shape index (κ2) is 8.83. The number of nitro benzene ring substituents is 1. The number of non-ortho nitro benzene ring substituents is 1. The van der Waals surface area contributed by atoms with Crippen LogP contribution in [0.3, 0.4) is 0 Å². The van der Waals surface area contributed by atoms with Crippen LogP contribution in [0.4, 0.5) is 5.69 Å². The Hall–Kier alpha value is -3.30. The molecule has 1 saturated heterocycles. The zero-order valence-corrected chi connectivity index (χ0v) is 18.2. The number of nitrogens with one attached hydrogen (secondary N) is 1. The van der Waals surface area contributed by atoms with E-state index < -0.39 is 0 Å². The summed E-state index contributed by atoms with van der Waals surface area (Å²) < 4.78 is 2.06. The fourth-order valence-corrected chi connectivity index (χ4v) is 4.21. The monoisotopic (exact) mass is 436 g/mol. The van der Waals surface area contributed by atoms with Crippen molar-refractivity contribution in [2.45, 2.75) is 12.1 Å². The van der Waals surface area contributed by atoms with Crippen molar-refractivity contribution in [2.24, 2.45) is 0 Å². The van der Waals surface area contributed by atoms with E-state index >= 15 is 0 Å². The third kappa shape index (κ3) is 4.28. The molecule has 0 unspecified atom stereocenters. The van der Waals surface area contributed by atoms with E-state index in [0.717, 1.165) is 30.2 Å². The molecule has 0 radical (unpaired) electrons. The quantitative estimate of drug-likeness (QED) is 0.346. The molecule has 31 heavy (non-hydrogen) atoms. The number of nitro groups is 1. The van der Waals surface area contributed by atoms with Gasteiger partial charge in [0.05, 0.1) is 22.7 Å². The fourth-order valence-electron chi connectivity index (χ4n) is 3.88.